The van der Waals surface area contributed by atoms with Gasteiger partial charge in [0, 0.05) is 6.07 Å². The number of benzene rings is 1. The predicted molar refractivity (Wildman–Crippen MR) is 58.9 cm³/mol. The summed E-state index contributed by atoms with van der Waals surface area (Å²) in [5.74, 6) is -0.966. The number of halogens is 2. The van der Waals surface area contributed by atoms with Gasteiger partial charge in [0.1, 0.15) is 11.6 Å². The van der Waals surface area contributed by atoms with E-state index in [0.29, 0.717) is 33.2 Å². The molecule has 0 fully saturated rings. The van der Waals surface area contributed by atoms with Crippen LogP contribution in [-0.2, 0) is 6.42 Å². The summed E-state index contributed by atoms with van der Waals surface area (Å²) >= 11 is 0. The molecule has 1 aromatic carbocycles. The molecule has 1 rings (SSSR count). The number of aryl methyl sites for hydroxylation is 1. The van der Waals surface area contributed by atoms with Crippen molar-refractivity contribution in [1.82, 2.24) is 0 Å². The van der Waals surface area contributed by atoms with Crippen LogP contribution in [0.2, 0.25) is 5.54 Å². The van der Waals surface area contributed by atoms with Gasteiger partial charge in [-0.25, -0.2) is 8.78 Å². The van der Waals surface area contributed by atoms with E-state index in [2.05, 4.69) is 6.92 Å². The van der Waals surface area contributed by atoms with Gasteiger partial charge >= 0.3 is 0 Å². The lowest BCUT2D eigenvalue weighted by Gasteiger charge is -2.09. The van der Waals surface area contributed by atoms with Gasteiger partial charge in [0.05, 0.1) is 9.52 Å². The van der Waals surface area contributed by atoms with Crippen LogP contribution in [0.1, 0.15) is 18.9 Å². The highest BCUT2D eigenvalue weighted by Gasteiger charge is 2.06. The molecule has 1 aromatic rings. The highest BCUT2D eigenvalue weighted by Crippen LogP contribution is 2.16. The van der Waals surface area contributed by atoms with E-state index >= 15 is 0 Å². The van der Waals surface area contributed by atoms with E-state index in [-0.39, 0.29) is 0 Å². The van der Waals surface area contributed by atoms with Gasteiger partial charge in [0.15, 0.2) is 0 Å². The van der Waals surface area contributed by atoms with Gasteiger partial charge < -0.3 is 5.73 Å². The standard InChI is InChI=1S/C11H15F2NSi/c1-8(15-7-14)2-3-9-4-5-10(12)6-11(9)13/h4-6,8H,2-3,7,14H2,1H3. The Kier molecular flexibility index (Phi) is 4.91. The van der Waals surface area contributed by atoms with E-state index in [1.807, 2.05) is 0 Å². The average molecular weight is 227 g/mol. The fraction of sp³-hybridized carbons (Fsp3) is 0.455. The summed E-state index contributed by atoms with van der Waals surface area (Å²) in [7, 11) is 0.716. The molecule has 0 bridgehead atoms. The second kappa shape index (κ2) is 5.98. The Morgan fingerprint density at radius 3 is 2.73 bits per heavy atom. The molecule has 2 radical (unpaired) electrons. The second-order valence-electron chi connectivity index (χ2n) is 3.58. The van der Waals surface area contributed by atoms with Gasteiger partial charge in [0.25, 0.3) is 0 Å². The molecule has 82 valence electrons. The van der Waals surface area contributed by atoms with E-state index in [0.717, 1.165) is 12.5 Å². The van der Waals surface area contributed by atoms with Crippen molar-refractivity contribution in [3.05, 3.63) is 35.4 Å². The lowest BCUT2D eigenvalue weighted by molar-refractivity contribution is 0.568. The normalized spacial score (nSPS) is 12.8. The Labute approximate surface area is 91.5 Å². The maximum atomic E-state index is 13.2. The second-order valence-corrected chi connectivity index (χ2v) is 5.39. The first-order valence-corrected chi connectivity index (χ1v) is 6.29. The zero-order valence-electron chi connectivity index (χ0n) is 8.76. The average Bonchev–Trinajstić information content (AvgIpc) is 2.17. The molecule has 15 heavy (non-hydrogen) atoms. The minimum absolute atomic E-state index is 0.446. The maximum absolute atomic E-state index is 13.2. The monoisotopic (exact) mass is 227 g/mol. The van der Waals surface area contributed by atoms with Crippen molar-refractivity contribution in [2.45, 2.75) is 25.3 Å². The summed E-state index contributed by atoms with van der Waals surface area (Å²) < 4.78 is 25.8. The molecular formula is C11H15F2NSi. The zero-order valence-corrected chi connectivity index (χ0v) is 9.76. The van der Waals surface area contributed by atoms with Gasteiger partial charge in [-0.2, -0.15) is 0 Å². The van der Waals surface area contributed by atoms with Gasteiger partial charge in [-0.3, -0.25) is 0 Å². The first-order valence-electron chi connectivity index (χ1n) is 5.01. The smallest absolute Gasteiger partial charge is 0.129 e. The van der Waals surface area contributed by atoms with Gasteiger partial charge in [0.2, 0.25) is 0 Å². The molecule has 0 saturated carbocycles. The Morgan fingerprint density at radius 2 is 2.13 bits per heavy atom. The molecule has 0 aliphatic carbocycles. The van der Waals surface area contributed by atoms with Crippen molar-refractivity contribution in [2.75, 3.05) is 6.17 Å². The molecule has 2 N–H and O–H groups in total. The van der Waals surface area contributed by atoms with Gasteiger partial charge in [-0.05, 0) is 30.6 Å². The number of hydrogen-bond donors (Lipinski definition) is 1. The summed E-state index contributed by atoms with van der Waals surface area (Å²) in [5.41, 5.74) is 6.54. The lowest BCUT2D eigenvalue weighted by atomic mass is 10.1. The third-order valence-electron chi connectivity index (χ3n) is 2.33. The Hall–Kier alpha value is -0.743. The summed E-state index contributed by atoms with van der Waals surface area (Å²) in [6.07, 6.45) is 2.24. The quantitative estimate of drug-likeness (QED) is 0.768. The van der Waals surface area contributed by atoms with E-state index in [1.165, 1.54) is 12.1 Å². The predicted octanol–water partition coefficient (Wildman–Crippen LogP) is 2.33. The van der Waals surface area contributed by atoms with Crippen LogP contribution in [-0.4, -0.2) is 15.7 Å². The number of hydrogen-bond acceptors (Lipinski definition) is 1. The van der Waals surface area contributed by atoms with Crippen molar-refractivity contribution in [1.29, 1.82) is 0 Å². The minimum Gasteiger partial charge on any atom is -0.334 e. The van der Waals surface area contributed by atoms with Crippen molar-refractivity contribution in [3.63, 3.8) is 0 Å². The molecule has 1 nitrogen and oxygen atoms in total. The molecule has 0 aromatic heterocycles. The SMILES string of the molecule is CC(CCc1ccc(F)cc1F)[Si]CN. The molecule has 0 aliphatic heterocycles. The molecule has 0 aliphatic rings. The highest BCUT2D eigenvalue weighted by molar-refractivity contribution is 6.37. The number of nitrogens with two attached hydrogens (primary N) is 1. The van der Waals surface area contributed by atoms with Crippen molar-refractivity contribution < 1.29 is 8.78 Å². The first kappa shape index (κ1) is 12.3. The summed E-state index contributed by atoms with van der Waals surface area (Å²) in [6.45, 7) is 2.10. The topological polar surface area (TPSA) is 26.0 Å². The molecule has 0 heterocycles. The van der Waals surface area contributed by atoms with Crippen molar-refractivity contribution in [2.24, 2.45) is 5.73 Å². The summed E-state index contributed by atoms with van der Waals surface area (Å²) in [6, 6.07) is 3.75. The largest absolute Gasteiger partial charge is 0.334 e. The van der Waals surface area contributed by atoms with Crippen LogP contribution >= 0.6 is 0 Å². The van der Waals surface area contributed by atoms with Crippen LogP contribution < -0.4 is 5.73 Å². The molecular weight excluding hydrogens is 212 g/mol. The molecule has 1 unspecified atom stereocenters. The molecule has 4 heteroatoms. The van der Waals surface area contributed by atoms with E-state index in [4.69, 9.17) is 5.73 Å². The van der Waals surface area contributed by atoms with E-state index in [1.54, 1.807) is 0 Å². The maximum Gasteiger partial charge on any atom is 0.129 e. The summed E-state index contributed by atoms with van der Waals surface area (Å²) in [4.78, 5) is 0. The minimum atomic E-state index is -0.520. The number of rotatable bonds is 5. The van der Waals surface area contributed by atoms with Crippen LogP contribution in [0.15, 0.2) is 18.2 Å². The fourth-order valence-electron chi connectivity index (χ4n) is 1.40. The lowest BCUT2D eigenvalue weighted by Crippen LogP contribution is -2.13. The Balaban J connectivity index is 2.50. The molecule has 1 atom stereocenters. The Morgan fingerprint density at radius 1 is 1.40 bits per heavy atom. The van der Waals surface area contributed by atoms with E-state index in [9.17, 15) is 8.78 Å². The first-order chi connectivity index (χ1) is 7.13. The molecule has 0 saturated heterocycles. The van der Waals surface area contributed by atoms with Crippen molar-refractivity contribution in [3.8, 4) is 0 Å². The van der Waals surface area contributed by atoms with Crippen LogP contribution in [0, 0.1) is 11.6 Å². The van der Waals surface area contributed by atoms with Crippen LogP contribution in [0.25, 0.3) is 0 Å². The Bertz CT molecular complexity index is 317. The van der Waals surface area contributed by atoms with Crippen molar-refractivity contribution >= 4 is 9.52 Å². The van der Waals surface area contributed by atoms with Gasteiger partial charge in [-0.15, -0.1) is 0 Å². The third kappa shape index (κ3) is 4.09. The van der Waals surface area contributed by atoms with Gasteiger partial charge in [-0.1, -0.05) is 18.5 Å². The van der Waals surface area contributed by atoms with Crippen LogP contribution in [0.4, 0.5) is 8.78 Å². The van der Waals surface area contributed by atoms with Crippen LogP contribution in [0.3, 0.4) is 0 Å². The highest BCUT2D eigenvalue weighted by atomic mass is 28.2. The zero-order chi connectivity index (χ0) is 11.3. The third-order valence-corrected chi connectivity index (χ3v) is 3.55. The molecule has 0 spiro atoms. The van der Waals surface area contributed by atoms with E-state index < -0.39 is 11.6 Å². The summed E-state index contributed by atoms with van der Waals surface area (Å²) in [5, 5.41) is 0. The fourth-order valence-corrected chi connectivity index (χ4v) is 2.15. The molecule has 0 amide bonds. The van der Waals surface area contributed by atoms with Crippen LogP contribution in [0.5, 0.6) is 0 Å².